The molecule has 2 rings (SSSR count). The van der Waals surface area contributed by atoms with E-state index in [0.717, 1.165) is 45.0 Å². The fourth-order valence-corrected chi connectivity index (χ4v) is 3.04. The highest BCUT2D eigenvalue weighted by atomic mass is 16.5. The number of ether oxygens (including phenoxy) is 1. The van der Waals surface area contributed by atoms with Crippen LogP contribution in [-0.2, 0) is 4.74 Å². The van der Waals surface area contributed by atoms with Gasteiger partial charge in [0.2, 0.25) is 0 Å². The van der Waals surface area contributed by atoms with Crippen LogP contribution in [0.5, 0.6) is 0 Å². The first-order chi connectivity index (χ1) is 11.5. The lowest BCUT2D eigenvalue weighted by Gasteiger charge is -2.34. The molecule has 1 atom stereocenters. The van der Waals surface area contributed by atoms with Crippen LogP contribution in [0.4, 0.5) is 5.69 Å². The number of aliphatic imine (C=N–C) groups is 1. The average Bonchev–Trinajstić information content (AvgIpc) is 2.55. The second kappa shape index (κ2) is 9.04. The lowest BCUT2D eigenvalue weighted by atomic mass is 10.0. The molecule has 0 aromatic heterocycles. The van der Waals surface area contributed by atoms with Crippen LogP contribution in [0, 0.1) is 19.8 Å². The molecule has 1 aliphatic rings. The molecular weight excluding hydrogens is 300 g/mol. The van der Waals surface area contributed by atoms with Gasteiger partial charge in [-0.15, -0.1) is 0 Å². The maximum atomic E-state index is 6.10. The molecule has 1 fully saturated rings. The summed E-state index contributed by atoms with van der Waals surface area (Å²) in [6.07, 6.45) is 1.13. The summed E-state index contributed by atoms with van der Waals surface area (Å²) in [4.78, 5) is 7.08. The number of hydrogen-bond acceptors (Lipinski definition) is 3. The number of nitrogens with one attached hydrogen (secondary N) is 1. The van der Waals surface area contributed by atoms with Crippen molar-refractivity contribution in [2.45, 2.75) is 40.2 Å². The van der Waals surface area contributed by atoms with Crippen molar-refractivity contribution in [1.29, 1.82) is 0 Å². The van der Waals surface area contributed by atoms with Gasteiger partial charge in [-0.1, -0.05) is 19.9 Å². The molecule has 134 valence electrons. The van der Waals surface area contributed by atoms with Crippen LogP contribution in [0.3, 0.4) is 0 Å². The Kier molecular flexibility index (Phi) is 7.06. The molecule has 1 saturated heterocycles. The minimum atomic E-state index is 0.425. The highest BCUT2D eigenvalue weighted by molar-refractivity contribution is 5.92. The molecule has 0 spiro atoms. The third-order valence-corrected chi connectivity index (χ3v) is 4.56. The Bertz CT molecular complexity index is 550. The molecule has 1 heterocycles. The lowest BCUT2D eigenvalue weighted by Crippen LogP contribution is -2.45. The van der Waals surface area contributed by atoms with Gasteiger partial charge in [0.15, 0.2) is 5.96 Å². The summed E-state index contributed by atoms with van der Waals surface area (Å²) in [7, 11) is 0. The molecule has 0 amide bonds. The number of morpholine rings is 1. The zero-order valence-electron chi connectivity index (χ0n) is 15.5. The summed E-state index contributed by atoms with van der Waals surface area (Å²) in [6, 6.07) is 6.66. The Morgan fingerprint density at radius 3 is 2.58 bits per heavy atom. The first-order valence-electron chi connectivity index (χ1n) is 8.91. The molecule has 1 aromatic rings. The zero-order chi connectivity index (χ0) is 17.5. The Labute approximate surface area is 146 Å². The van der Waals surface area contributed by atoms with Crippen molar-refractivity contribution in [3.8, 4) is 0 Å². The van der Waals surface area contributed by atoms with Crippen LogP contribution in [0.1, 0.15) is 31.4 Å². The molecule has 1 aromatic carbocycles. The van der Waals surface area contributed by atoms with Crippen molar-refractivity contribution in [3.63, 3.8) is 0 Å². The fraction of sp³-hybridized carbons (Fsp3) is 0.632. The van der Waals surface area contributed by atoms with E-state index in [-0.39, 0.29) is 0 Å². The Hall–Kier alpha value is -1.59. The van der Waals surface area contributed by atoms with Crippen molar-refractivity contribution in [1.82, 2.24) is 4.90 Å². The van der Waals surface area contributed by atoms with Crippen LogP contribution in [0.15, 0.2) is 23.2 Å². The quantitative estimate of drug-likeness (QED) is 0.621. The number of rotatable bonds is 6. The summed E-state index contributed by atoms with van der Waals surface area (Å²) in [5.74, 6) is 1.13. The van der Waals surface area contributed by atoms with Crippen molar-refractivity contribution < 1.29 is 4.74 Å². The normalized spacial score (nSPS) is 18.0. The number of benzene rings is 1. The Morgan fingerprint density at radius 2 is 1.96 bits per heavy atom. The topological polar surface area (TPSA) is 62.9 Å². The third kappa shape index (κ3) is 5.80. The van der Waals surface area contributed by atoms with Gasteiger partial charge in [0.05, 0.1) is 19.8 Å². The number of nitrogens with two attached hydrogens (primary N) is 1. The van der Waals surface area contributed by atoms with Gasteiger partial charge in [0.1, 0.15) is 0 Å². The predicted molar refractivity (Wildman–Crippen MR) is 102 cm³/mol. The highest BCUT2D eigenvalue weighted by Crippen LogP contribution is 2.15. The first-order valence-corrected chi connectivity index (χ1v) is 8.91. The smallest absolute Gasteiger partial charge is 0.193 e. The van der Waals surface area contributed by atoms with Crippen molar-refractivity contribution in [2.24, 2.45) is 16.6 Å². The van der Waals surface area contributed by atoms with Gasteiger partial charge in [-0.25, -0.2) is 0 Å². The second-order valence-electron chi connectivity index (χ2n) is 7.08. The van der Waals surface area contributed by atoms with Gasteiger partial charge >= 0.3 is 0 Å². The highest BCUT2D eigenvalue weighted by Gasteiger charge is 2.21. The minimum absolute atomic E-state index is 0.425. The number of hydrogen-bond donors (Lipinski definition) is 2. The molecule has 0 radical (unpaired) electrons. The molecular formula is C19H32N4O. The average molecular weight is 332 g/mol. The molecule has 5 heteroatoms. The van der Waals surface area contributed by atoms with E-state index in [1.54, 1.807) is 0 Å². The largest absolute Gasteiger partial charge is 0.379 e. The molecule has 3 N–H and O–H groups in total. The molecule has 5 nitrogen and oxygen atoms in total. The number of aryl methyl sites for hydroxylation is 2. The van der Waals surface area contributed by atoms with Crippen LogP contribution < -0.4 is 11.1 Å². The predicted octanol–water partition coefficient (Wildman–Crippen LogP) is 2.78. The van der Waals surface area contributed by atoms with Crippen LogP contribution in [-0.4, -0.2) is 49.7 Å². The van der Waals surface area contributed by atoms with Crippen LogP contribution in [0.2, 0.25) is 0 Å². The van der Waals surface area contributed by atoms with Crippen molar-refractivity contribution in [2.75, 3.05) is 38.2 Å². The molecule has 1 aliphatic heterocycles. The van der Waals surface area contributed by atoms with E-state index < -0.39 is 0 Å². The zero-order valence-corrected chi connectivity index (χ0v) is 15.5. The fourth-order valence-electron chi connectivity index (χ4n) is 3.04. The van der Waals surface area contributed by atoms with Gasteiger partial charge < -0.3 is 15.8 Å². The molecule has 0 saturated carbocycles. The van der Waals surface area contributed by atoms with Crippen LogP contribution in [0.25, 0.3) is 0 Å². The summed E-state index contributed by atoms with van der Waals surface area (Å²) < 4.78 is 5.47. The molecule has 1 unspecified atom stereocenters. The maximum absolute atomic E-state index is 6.10. The first kappa shape index (κ1) is 18.7. The van der Waals surface area contributed by atoms with Gasteiger partial charge in [0, 0.05) is 24.8 Å². The summed E-state index contributed by atoms with van der Waals surface area (Å²) in [5.41, 5.74) is 9.62. The van der Waals surface area contributed by atoms with Gasteiger partial charge in [-0.3, -0.25) is 9.89 Å². The minimum Gasteiger partial charge on any atom is -0.379 e. The second-order valence-corrected chi connectivity index (χ2v) is 7.08. The van der Waals surface area contributed by atoms with Crippen LogP contribution >= 0.6 is 0 Å². The van der Waals surface area contributed by atoms with Gasteiger partial charge in [-0.05, 0) is 49.4 Å². The Morgan fingerprint density at radius 1 is 1.25 bits per heavy atom. The van der Waals surface area contributed by atoms with E-state index in [0.29, 0.717) is 17.9 Å². The van der Waals surface area contributed by atoms with E-state index in [1.165, 1.54) is 11.1 Å². The number of nitrogens with zero attached hydrogens (tertiary/aromatic N) is 2. The van der Waals surface area contributed by atoms with E-state index in [2.05, 4.69) is 55.0 Å². The summed E-state index contributed by atoms with van der Waals surface area (Å²) in [6.45, 7) is 13.0. The third-order valence-electron chi connectivity index (χ3n) is 4.56. The maximum Gasteiger partial charge on any atom is 0.193 e. The monoisotopic (exact) mass is 332 g/mol. The van der Waals surface area contributed by atoms with Crippen molar-refractivity contribution >= 4 is 11.6 Å². The standard InChI is InChI=1S/C19H32N4O/c1-14(2)11-18(23-7-9-24-10-8-23)13-21-19(20)22-17-6-5-15(3)16(4)12-17/h5-6,12,14,18H,7-11,13H2,1-4H3,(H3,20,21,22). The van der Waals surface area contributed by atoms with Gasteiger partial charge in [-0.2, -0.15) is 0 Å². The number of anilines is 1. The van der Waals surface area contributed by atoms with E-state index in [9.17, 15) is 0 Å². The lowest BCUT2D eigenvalue weighted by molar-refractivity contribution is 0.0143. The summed E-state index contributed by atoms with van der Waals surface area (Å²) in [5, 5.41) is 3.21. The summed E-state index contributed by atoms with van der Waals surface area (Å²) >= 11 is 0. The molecule has 0 aliphatic carbocycles. The molecule has 24 heavy (non-hydrogen) atoms. The van der Waals surface area contributed by atoms with E-state index in [4.69, 9.17) is 10.5 Å². The number of guanidine groups is 1. The molecule has 0 bridgehead atoms. The van der Waals surface area contributed by atoms with E-state index >= 15 is 0 Å². The van der Waals surface area contributed by atoms with Crippen molar-refractivity contribution in [3.05, 3.63) is 29.3 Å². The Balaban J connectivity index is 1.96. The SMILES string of the molecule is Cc1ccc(NC(N)=NCC(CC(C)C)N2CCOCC2)cc1C. The van der Waals surface area contributed by atoms with E-state index in [1.807, 2.05) is 6.07 Å². The van der Waals surface area contributed by atoms with Gasteiger partial charge in [0.25, 0.3) is 0 Å².